The molecule has 132 valence electrons. The van der Waals surface area contributed by atoms with Crippen molar-refractivity contribution < 1.29 is 14.3 Å². The third kappa shape index (κ3) is 4.51. The minimum atomic E-state index is 0.0332. The largest absolute Gasteiger partial charge is 0.454 e. The zero-order chi connectivity index (χ0) is 17.6. The summed E-state index contributed by atoms with van der Waals surface area (Å²) in [6, 6.07) is 14.0. The third-order valence-electron chi connectivity index (χ3n) is 4.39. The lowest BCUT2D eigenvalue weighted by atomic mass is 10.1. The minimum Gasteiger partial charge on any atom is -0.454 e. The van der Waals surface area contributed by atoms with E-state index < -0.39 is 0 Å². The van der Waals surface area contributed by atoms with Gasteiger partial charge in [-0.25, -0.2) is 0 Å². The Hall–Kier alpha value is -2.53. The van der Waals surface area contributed by atoms with Crippen molar-refractivity contribution in [3.05, 3.63) is 59.2 Å². The number of nitrogens with one attached hydrogen (secondary N) is 1. The van der Waals surface area contributed by atoms with Crippen molar-refractivity contribution in [2.75, 3.05) is 19.9 Å². The summed E-state index contributed by atoms with van der Waals surface area (Å²) in [7, 11) is 0. The van der Waals surface area contributed by atoms with Gasteiger partial charge in [0.15, 0.2) is 11.5 Å². The zero-order valence-electron chi connectivity index (χ0n) is 14.7. The summed E-state index contributed by atoms with van der Waals surface area (Å²) < 4.78 is 10.7. The van der Waals surface area contributed by atoms with Crippen molar-refractivity contribution in [3.63, 3.8) is 0 Å². The van der Waals surface area contributed by atoms with E-state index in [4.69, 9.17) is 9.47 Å². The van der Waals surface area contributed by atoms with E-state index in [-0.39, 0.29) is 12.7 Å². The number of ether oxygens (including phenoxy) is 2. The molecule has 1 N–H and O–H groups in total. The van der Waals surface area contributed by atoms with Crippen LogP contribution in [0.4, 0.5) is 0 Å². The molecule has 5 nitrogen and oxygen atoms in total. The summed E-state index contributed by atoms with van der Waals surface area (Å²) in [6.07, 6.45) is 0. The number of hydrogen-bond donors (Lipinski definition) is 1. The lowest BCUT2D eigenvalue weighted by molar-refractivity contribution is -0.122. The number of benzene rings is 2. The maximum Gasteiger partial charge on any atom is 0.234 e. The second kappa shape index (κ2) is 8.03. The second-order valence-corrected chi connectivity index (χ2v) is 6.19. The highest BCUT2D eigenvalue weighted by molar-refractivity contribution is 5.78. The Morgan fingerprint density at radius 2 is 1.96 bits per heavy atom. The van der Waals surface area contributed by atoms with Crippen LogP contribution in [-0.4, -0.2) is 30.7 Å². The fourth-order valence-corrected chi connectivity index (χ4v) is 2.84. The first-order valence-corrected chi connectivity index (χ1v) is 8.58. The summed E-state index contributed by atoms with van der Waals surface area (Å²) in [5, 5.41) is 3.01. The van der Waals surface area contributed by atoms with Crippen LogP contribution in [0.2, 0.25) is 0 Å². The number of amides is 1. The van der Waals surface area contributed by atoms with Crippen LogP contribution in [0.25, 0.3) is 0 Å². The minimum absolute atomic E-state index is 0.0332. The smallest absolute Gasteiger partial charge is 0.234 e. The van der Waals surface area contributed by atoms with E-state index in [1.807, 2.05) is 36.4 Å². The molecule has 25 heavy (non-hydrogen) atoms. The Kier molecular flexibility index (Phi) is 5.56. The van der Waals surface area contributed by atoms with Crippen molar-refractivity contribution >= 4 is 5.91 Å². The number of aryl methyl sites for hydroxylation is 1. The molecule has 0 unspecified atom stereocenters. The quantitative estimate of drug-likeness (QED) is 0.842. The van der Waals surface area contributed by atoms with E-state index in [9.17, 15) is 4.79 Å². The Balaban J connectivity index is 1.53. The molecule has 1 aliphatic heterocycles. The maximum atomic E-state index is 12.3. The number of carbonyl (C=O) groups excluding carboxylic acids is 1. The number of hydrogen-bond acceptors (Lipinski definition) is 4. The highest BCUT2D eigenvalue weighted by Crippen LogP contribution is 2.32. The second-order valence-electron chi connectivity index (χ2n) is 6.19. The van der Waals surface area contributed by atoms with Gasteiger partial charge in [0.2, 0.25) is 12.7 Å². The monoisotopic (exact) mass is 340 g/mol. The van der Waals surface area contributed by atoms with Gasteiger partial charge in [0.1, 0.15) is 0 Å². The maximum absolute atomic E-state index is 12.3. The molecule has 3 rings (SSSR count). The van der Waals surface area contributed by atoms with Gasteiger partial charge >= 0.3 is 0 Å². The Morgan fingerprint density at radius 3 is 2.76 bits per heavy atom. The van der Waals surface area contributed by atoms with Crippen molar-refractivity contribution in [1.29, 1.82) is 0 Å². The van der Waals surface area contributed by atoms with E-state index in [1.54, 1.807) is 0 Å². The standard InChI is InChI=1S/C20H24N2O3/c1-3-22(12-16-8-9-18-19(10-16)25-14-24-18)13-20(23)21-11-17-7-5-4-6-15(17)2/h4-10H,3,11-14H2,1-2H3,(H,21,23). The molecule has 0 spiro atoms. The zero-order valence-corrected chi connectivity index (χ0v) is 14.7. The molecule has 0 aromatic heterocycles. The van der Waals surface area contributed by atoms with Crippen LogP contribution in [0, 0.1) is 6.92 Å². The summed E-state index contributed by atoms with van der Waals surface area (Å²) >= 11 is 0. The summed E-state index contributed by atoms with van der Waals surface area (Å²) in [5.74, 6) is 1.59. The predicted molar refractivity (Wildman–Crippen MR) is 96.5 cm³/mol. The molecule has 2 aromatic rings. The molecule has 1 heterocycles. The van der Waals surface area contributed by atoms with Gasteiger partial charge in [-0.2, -0.15) is 0 Å². The summed E-state index contributed by atoms with van der Waals surface area (Å²) in [6.45, 7) is 6.82. The average molecular weight is 340 g/mol. The molecule has 0 saturated heterocycles. The predicted octanol–water partition coefficient (Wildman–Crippen LogP) is 2.86. The first kappa shape index (κ1) is 17.3. The first-order valence-electron chi connectivity index (χ1n) is 8.58. The Labute approximate surface area is 148 Å². The molecule has 0 aliphatic carbocycles. The number of likely N-dealkylation sites (N-methyl/N-ethyl adjacent to an activating group) is 1. The average Bonchev–Trinajstić information content (AvgIpc) is 3.08. The van der Waals surface area contributed by atoms with Gasteiger partial charge in [-0.05, 0) is 42.3 Å². The van der Waals surface area contributed by atoms with Gasteiger partial charge in [0.25, 0.3) is 0 Å². The van der Waals surface area contributed by atoms with Crippen LogP contribution in [0.15, 0.2) is 42.5 Å². The molecule has 2 aromatic carbocycles. The van der Waals surface area contributed by atoms with Gasteiger partial charge < -0.3 is 14.8 Å². The fraction of sp³-hybridized carbons (Fsp3) is 0.350. The summed E-state index contributed by atoms with van der Waals surface area (Å²) in [5.41, 5.74) is 3.45. The highest BCUT2D eigenvalue weighted by Gasteiger charge is 2.15. The lowest BCUT2D eigenvalue weighted by Crippen LogP contribution is -2.36. The Bertz CT molecular complexity index is 745. The van der Waals surface area contributed by atoms with Crippen LogP contribution < -0.4 is 14.8 Å². The fourth-order valence-electron chi connectivity index (χ4n) is 2.84. The van der Waals surface area contributed by atoms with Crippen LogP contribution in [-0.2, 0) is 17.9 Å². The molecule has 0 atom stereocenters. The van der Waals surface area contributed by atoms with E-state index in [0.717, 1.165) is 29.2 Å². The Morgan fingerprint density at radius 1 is 1.16 bits per heavy atom. The number of rotatable bonds is 7. The van der Waals surface area contributed by atoms with Crippen molar-refractivity contribution in [3.8, 4) is 11.5 Å². The van der Waals surface area contributed by atoms with Crippen molar-refractivity contribution in [1.82, 2.24) is 10.2 Å². The molecular weight excluding hydrogens is 316 g/mol. The molecule has 0 saturated carbocycles. The number of carbonyl (C=O) groups is 1. The topological polar surface area (TPSA) is 50.8 Å². The molecule has 0 fully saturated rings. The van der Waals surface area contributed by atoms with E-state index >= 15 is 0 Å². The van der Waals surface area contributed by atoms with Crippen LogP contribution >= 0.6 is 0 Å². The molecule has 5 heteroatoms. The van der Waals surface area contributed by atoms with Crippen molar-refractivity contribution in [2.45, 2.75) is 26.9 Å². The normalized spacial score (nSPS) is 12.4. The molecule has 0 radical (unpaired) electrons. The van der Waals surface area contributed by atoms with Gasteiger partial charge in [0.05, 0.1) is 6.54 Å². The van der Waals surface area contributed by atoms with Gasteiger partial charge in [-0.3, -0.25) is 9.69 Å². The SMILES string of the molecule is CCN(CC(=O)NCc1ccccc1C)Cc1ccc2c(c1)OCO2. The van der Waals surface area contributed by atoms with E-state index in [0.29, 0.717) is 19.6 Å². The molecule has 0 bridgehead atoms. The van der Waals surface area contributed by atoms with Gasteiger partial charge in [0, 0.05) is 13.1 Å². The van der Waals surface area contributed by atoms with Crippen LogP contribution in [0.5, 0.6) is 11.5 Å². The van der Waals surface area contributed by atoms with Crippen molar-refractivity contribution in [2.24, 2.45) is 0 Å². The van der Waals surface area contributed by atoms with Crippen LogP contribution in [0.3, 0.4) is 0 Å². The molecule has 1 aliphatic rings. The molecular formula is C20H24N2O3. The van der Waals surface area contributed by atoms with Crippen LogP contribution in [0.1, 0.15) is 23.6 Å². The van der Waals surface area contributed by atoms with E-state index in [1.165, 1.54) is 5.56 Å². The van der Waals surface area contributed by atoms with Gasteiger partial charge in [-0.1, -0.05) is 37.3 Å². The highest BCUT2D eigenvalue weighted by atomic mass is 16.7. The van der Waals surface area contributed by atoms with Gasteiger partial charge in [-0.15, -0.1) is 0 Å². The number of fused-ring (bicyclic) bond motifs is 1. The number of nitrogens with zero attached hydrogens (tertiary/aromatic N) is 1. The van der Waals surface area contributed by atoms with E-state index in [2.05, 4.69) is 30.1 Å². The third-order valence-corrected chi connectivity index (χ3v) is 4.39. The summed E-state index contributed by atoms with van der Waals surface area (Å²) in [4.78, 5) is 14.4. The molecule has 1 amide bonds. The lowest BCUT2D eigenvalue weighted by Gasteiger charge is -2.20. The first-order chi connectivity index (χ1) is 12.2.